The second-order valence-corrected chi connectivity index (χ2v) is 3.33. The summed E-state index contributed by atoms with van der Waals surface area (Å²) in [5, 5.41) is 10.5. The topological polar surface area (TPSA) is 69.4 Å². The summed E-state index contributed by atoms with van der Waals surface area (Å²) >= 11 is 0. The van der Waals surface area contributed by atoms with Gasteiger partial charge >= 0.3 is 5.97 Å². The SMILES string of the molecule is COC(=O)CCC#Cc1cc(F)cc([N+](=O)[O-])c1. The summed E-state index contributed by atoms with van der Waals surface area (Å²) in [7, 11) is 1.27. The molecular weight excluding hydrogens is 241 g/mol. The van der Waals surface area contributed by atoms with Crippen molar-refractivity contribution in [2.45, 2.75) is 12.8 Å². The van der Waals surface area contributed by atoms with E-state index < -0.39 is 16.7 Å². The molecule has 0 saturated heterocycles. The zero-order valence-electron chi connectivity index (χ0n) is 9.60. The summed E-state index contributed by atoms with van der Waals surface area (Å²) in [6.45, 7) is 0. The minimum absolute atomic E-state index is 0.126. The van der Waals surface area contributed by atoms with E-state index in [-0.39, 0.29) is 24.1 Å². The Hall–Kier alpha value is -2.42. The number of hydrogen-bond donors (Lipinski definition) is 0. The van der Waals surface area contributed by atoms with E-state index in [9.17, 15) is 19.3 Å². The van der Waals surface area contributed by atoms with Crippen molar-refractivity contribution in [2.75, 3.05) is 7.11 Å². The van der Waals surface area contributed by atoms with Crippen LogP contribution in [0.15, 0.2) is 18.2 Å². The first kappa shape index (κ1) is 13.6. The third-order valence-corrected chi connectivity index (χ3v) is 2.01. The van der Waals surface area contributed by atoms with Crippen molar-refractivity contribution in [1.82, 2.24) is 0 Å². The van der Waals surface area contributed by atoms with Gasteiger partial charge in [-0.2, -0.15) is 0 Å². The summed E-state index contributed by atoms with van der Waals surface area (Å²) in [5.41, 5.74) is -0.154. The van der Waals surface area contributed by atoms with Crippen molar-refractivity contribution in [3.8, 4) is 11.8 Å². The molecule has 6 heteroatoms. The maximum absolute atomic E-state index is 13.0. The Morgan fingerprint density at radius 2 is 2.22 bits per heavy atom. The molecule has 94 valence electrons. The third kappa shape index (κ3) is 4.22. The van der Waals surface area contributed by atoms with E-state index in [1.54, 1.807) is 0 Å². The maximum Gasteiger partial charge on any atom is 0.306 e. The molecule has 0 N–H and O–H groups in total. The number of carbonyl (C=O) groups excluding carboxylic acids is 1. The Balaban J connectivity index is 2.76. The number of halogens is 1. The highest BCUT2D eigenvalue weighted by Gasteiger charge is 2.08. The van der Waals surface area contributed by atoms with E-state index in [0.29, 0.717) is 0 Å². The molecule has 0 aromatic heterocycles. The minimum atomic E-state index is -0.721. The first-order chi connectivity index (χ1) is 8.52. The van der Waals surface area contributed by atoms with Crippen molar-refractivity contribution >= 4 is 11.7 Å². The Morgan fingerprint density at radius 1 is 1.50 bits per heavy atom. The number of nitro benzene ring substituents is 1. The van der Waals surface area contributed by atoms with Crippen LogP contribution in [0.5, 0.6) is 0 Å². The zero-order valence-corrected chi connectivity index (χ0v) is 9.60. The first-order valence-electron chi connectivity index (χ1n) is 5.03. The van der Waals surface area contributed by atoms with Crippen molar-refractivity contribution in [1.29, 1.82) is 0 Å². The van der Waals surface area contributed by atoms with Crippen LogP contribution in [-0.2, 0) is 9.53 Å². The van der Waals surface area contributed by atoms with E-state index in [1.807, 2.05) is 0 Å². The van der Waals surface area contributed by atoms with E-state index in [1.165, 1.54) is 13.2 Å². The number of hydrogen-bond acceptors (Lipinski definition) is 4. The second-order valence-electron chi connectivity index (χ2n) is 3.33. The van der Waals surface area contributed by atoms with Gasteiger partial charge in [-0.05, 0) is 6.07 Å². The molecule has 18 heavy (non-hydrogen) atoms. The molecule has 0 atom stereocenters. The highest BCUT2D eigenvalue weighted by atomic mass is 19.1. The van der Waals surface area contributed by atoms with Crippen molar-refractivity contribution in [2.24, 2.45) is 0 Å². The number of esters is 1. The second kappa shape index (κ2) is 6.35. The van der Waals surface area contributed by atoms with E-state index in [2.05, 4.69) is 16.6 Å². The van der Waals surface area contributed by atoms with Crippen LogP contribution in [0.3, 0.4) is 0 Å². The standard InChI is InChI=1S/C12H10FNO4/c1-18-12(15)5-3-2-4-9-6-10(13)8-11(7-9)14(16)17/h6-8H,3,5H2,1H3. The fourth-order valence-electron chi connectivity index (χ4n) is 1.18. The van der Waals surface area contributed by atoms with Crippen LogP contribution >= 0.6 is 0 Å². The average Bonchev–Trinajstić information content (AvgIpc) is 2.33. The largest absolute Gasteiger partial charge is 0.469 e. The summed E-state index contributed by atoms with van der Waals surface area (Å²) in [6, 6.07) is 3.09. The van der Waals surface area contributed by atoms with E-state index >= 15 is 0 Å². The van der Waals surface area contributed by atoms with Crippen molar-refractivity contribution < 1.29 is 18.8 Å². The molecule has 0 aliphatic carbocycles. The van der Waals surface area contributed by atoms with Crippen LogP contribution in [0.2, 0.25) is 0 Å². The predicted octanol–water partition coefficient (Wildman–Crippen LogP) is 2.04. The molecule has 0 amide bonds. The summed E-state index contributed by atoms with van der Waals surface area (Å²) in [6.07, 6.45) is 0.373. The van der Waals surface area contributed by atoms with Gasteiger partial charge in [0, 0.05) is 18.1 Å². The molecule has 0 bridgehead atoms. The summed E-state index contributed by atoms with van der Waals surface area (Å²) < 4.78 is 17.4. The smallest absolute Gasteiger partial charge is 0.306 e. The molecule has 0 radical (unpaired) electrons. The molecule has 0 unspecified atom stereocenters. The van der Waals surface area contributed by atoms with E-state index in [0.717, 1.165) is 12.1 Å². The Kier molecular flexibility index (Phi) is 4.81. The van der Waals surface area contributed by atoms with Crippen LogP contribution in [-0.4, -0.2) is 18.0 Å². The van der Waals surface area contributed by atoms with E-state index in [4.69, 9.17) is 0 Å². The molecule has 0 aliphatic heterocycles. The van der Waals surface area contributed by atoms with Gasteiger partial charge in [0.1, 0.15) is 5.82 Å². The summed E-state index contributed by atoms with van der Waals surface area (Å²) in [5.74, 6) is 4.06. The molecule has 0 spiro atoms. The van der Waals surface area contributed by atoms with Crippen LogP contribution in [0.4, 0.5) is 10.1 Å². The van der Waals surface area contributed by atoms with Gasteiger partial charge in [-0.1, -0.05) is 11.8 Å². The molecule has 0 fully saturated rings. The molecular formula is C12H10FNO4. The minimum Gasteiger partial charge on any atom is -0.469 e. The van der Waals surface area contributed by atoms with Crippen LogP contribution in [0.25, 0.3) is 0 Å². The maximum atomic E-state index is 13.0. The van der Waals surface area contributed by atoms with Gasteiger partial charge in [-0.25, -0.2) is 4.39 Å². The van der Waals surface area contributed by atoms with Gasteiger partial charge in [0.15, 0.2) is 0 Å². The Morgan fingerprint density at radius 3 is 2.83 bits per heavy atom. The van der Waals surface area contributed by atoms with Crippen molar-refractivity contribution in [3.05, 3.63) is 39.7 Å². The monoisotopic (exact) mass is 251 g/mol. The normalized spacial score (nSPS) is 9.22. The first-order valence-corrected chi connectivity index (χ1v) is 5.03. The van der Waals surface area contributed by atoms with Gasteiger partial charge in [-0.3, -0.25) is 14.9 Å². The number of benzene rings is 1. The van der Waals surface area contributed by atoms with Gasteiger partial charge in [-0.15, -0.1) is 0 Å². The van der Waals surface area contributed by atoms with Crippen LogP contribution in [0.1, 0.15) is 18.4 Å². The Labute approximate surface area is 103 Å². The number of ether oxygens (including phenoxy) is 1. The molecule has 5 nitrogen and oxygen atoms in total. The van der Waals surface area contributed by atoms with Gasteiger partial charge in [0.05, 0.1) is 24.5 Å². The molecule has 1 aromatic carbocycles. The fraction of sp³-hybridized carbons (Fsp3) is 0.250. The number of non-ortho nitro benzene ring substituents is 1. The lowest BCUT2D eigenvalue weighted by molar-refractivity contribution is -0.385. The number of nitro groups is 1. The molecule has 0 aliphatic rings. The van der Waals surface area contributed by atoms with Crippen LogP contribution in [0, 0.1) is 27.8 Å². The lowest BCUT2D eigenvalue weighted by Crippen LogP contribution is -1.98. The highest BCUT2D eigenvalue weighted by Crippen LogP contribution is 2.15. The lowest BCUT2D eigenvalue weighted by atomic mass is 10.2. The number of nitrogens with zero attached hydrogens (tertiary/aromatic N) is 1. The molecule has 1 rings (SSSR count). The number of methoxy groups -OCH3 is 1. The fourth-order valence-corrected chi connectivity index (χ4v) is 1.18. The Bertz CT molecular complexity index is 531. The zero-order chi connectivity index (χ0) is 13.5. The highest BCUT2D eigenvalue weighted by molar-refractivity contribution is 5.69. The average molecular weight is 251 g/mol. The predicted molar refractivity (Wildman–Crippen MR) is 61.2 cm³/mol. The molecule has 1 aromatic rings. The van der Waals surface area contributed by atoms with Crippen LogP contribution < -0.4 is 0 Å². The number of rotatable bonds is 3. The van der Waals surface area contributed by atoms with Gasteiger partial charge < -0.3 is 4.74 Å². The van der Waals surface area contributed by atoms with Gasteiger partial charge in [0.2, 0.25) is 0 Å². The quantitative estimate of drug-likeness (QED) is 0.357. The lowest BCUT2D eigenvalue weighted by Gasteiger charge is -1.94. The molecule has 0 heterocycles. The number of carbonyl (C=O) groups is 1. The van der Waals surface area contributed by atoms with Crippen molar-refractivity contribution in [3.63, 3.8) is 0 Å². The van der Waals surface area contributed by atoms with Gasteiger partial charge in [0.25, 0.3) is 5.69 Å². The summed E-state index contributed by atoms with van der Waals surface area (Å²) in [4.78, 5) is 20.6. The third-order valence-electron chi connectivity index (χ3n) is 2.01. The molecule has 0 saturated carbocycles.